The Bertz CT molecular complexity index is 424. The predicted octanol–water partition coefficient (Wildman–Crippen LogP) is 3.94. The lowest BCUT2D eigenvalue weighted by Gasteiger charge is -2.39. The van der Waals surface area contributed by atoms with Gasteiger partial charge in [0.05, 0.1) is 12.8 Å². The van der Waals surface area contributed by atoms with Gasteiger partial charge in [0.25, 0.3) is 0 Å². The summed E-state index contributed by atoms with van der Waals surface area (Å²) in [6.45, 7) is 7.73. The number of hydrogen-bond acceptors (Lipinski definition) is 3. The van der Waals surface area contributed by atoms with Crippen LogP contribution in [0.3, 0.4) is 0 Å². The second kappa shape index (κ2) is 6.97. The third-order valence-corrected chi connectivity index (χ3v) is 5.52. The van der Waals surface area contributed by atoms with Gasteiger partial charge in [0.2, 0.25) is 0 Å². The van der Waals surface area contributed by atoms with E-state index < -0.39 is 0 Å². The van der Waals surface area contributed by atoms with Gasteiger partial charge in [-0.15, -0.1) is 0 Å². The normalized spacial score (nSPS) is 22.1. The molecule has 0 amide bonds. The maximum atomic E-state index is 5.66. The van der Waals surface area contributed by atoms with E-state index >= 15 is 0 Å². The van der Waals surface area contributed by atoms with Gasteiger partial charge in [-0.1, -0.05) is 19.8 Å². The first kappa shape index (κ1) is 15.1. The molecule has 1 aliphatic carbocycles. The molecule has 2 aliphatic rings. The molecule has 0 radical (unpaired) electrons. The molecule has 0 atom stereocenters. The van der Waals surface area contributed by atoms with E-state index in [-0.39, 0.29) is 0 Å². The summed E-state index contributed by atoms with van der Waals surface area (Å²) in [7, 11) is 0. The highest BCUT2D eigenvalue weighted by molar-refractivity contribution is 5.17. The fourth-order valence-corrected chi connectivity index (χ4v) is 4.09. The highest BCUT2D eigenvalue weighted by Gasteiger charge is 2.36. The van der Waals surface area contributed by atoms with Crippen molar-refractivity contribution in [2.45, 2.75) is 65.0 Å². The summed E-state index contributed by atoms with van der Waals surface area (Å²) in [5, 5.41) is 3.44. The number of likely N-dealkylation sites (tertiary alicyclic amines) is 1. The summed E-state index contributed by atoms with van der Waals surface area (Å²) >= 11 is 0. The van der Waals surface area contributed by atoms with Crippen molar-refractivity contribution in [1.82, 2.24) is 10.2 Å². The SMILES string of the molecule is CCCNCc1occc1CN1CCC2(CCCC2)CC1. The molecule has 3 heteroatoms. The first-order chi connectivity index (χ1) is 10.3. The molecule has 0 bridgehead atoms. The maximum Gasteiger partial charge on any atom is 0.122 e. The van der Waals surface area contributed by atoms with Gasteiger partial charge < -0.3 is 9.73 Å². The zero-order chi connectivity index (χ0) is 14.5. The molecule has 1 saturated heterocycles. The van der Waals surface area contributed by atoms with Gasteiger partial charge in [0.15, 0.2) is 0 Å². The summed E-state index contributed by atoms with van der Waals surface area (Å²) in [5.41, 5.74) is 2.10. The van der Waals surface area contributed by atoms with Crippen LogP contribution in [0.1, 0.15) is 63.2 Å². The van der Waals surface area contributed by atoms with Gasteiger partial charge >= 0.3 is 0 Å². The number of rotatable bonds is 6. The smallest absolute Gasteiger partial charge is 0.122 e. The Morgan fingerprint density at radius 2 is 1.95 bits per heavy atom. The van der Waals surface area contributed by atoms with Crippen molar-refractivity contribution in [2.24, 2.45) is 5.41 Å². The lowest BCUT2D eigenvalue weighted by atomic mass is 9.77. The predicted molar refractivity (Wildman–Crippen MR) is 86.1 cm³/mol. The van der Waals surface area contributed by atoms with Crippen LogP contribution in [-0.4, -0.2) is 24.5 Å². The Labute approximate surface area is 129 Å². The largest absolute Gasteiger partial charge is 0.468 e. The molecule has 2 heterocycles. The van der Waals surface area contributed by atoms with Crippen molar-refractivity contribution in [3.8, 4) is 0 Å². The summed E-state index contributed by atoms with van der Waals surface area (Å²) in [4.78, 5) is 2.62. The maximum absolute atomic E-state index is 5.66. The van der Waals surface area contributed by atoms with E-state index in [2.05, 4.69) is 23.2 Å². The molecule has 1 saturated carbocycles. The number of furan rings is 1. The van der Waals surface area contributed by atoms with Crippen molar-refractivity contribution in [3.63, 3.8) is 0 Å². The molecule has 0 aromatic carbocycles. The lowest BCUT2D eigenvalue weighted by molar-refractivity contribution is 0.103. The molecule has 2 fully saturated rings. The Kier molecular flexibility index (Phi) is 5.02. The van der Waals surface area contributed by atoms with E-state index in [0.29, 0.717) is 0 Å². The molecule has 3 rings (SSSR count). The molecule has 1 spiro atoms. The zero-order valence-corrected chi connectivity index (χ0v) is 13.5. The molecular formula is C18H30N2O. The second-order valence-corrected chi connectivity index (χ2v) is 7.03. The number of nitrogens with one attached hydrogen (secondary N) is 1. The molecule has 3 nitrogen and oxygen atoms in total. The van der Waals surface area contributed by atoms with Crippen LogP contribution in [0.15, 0.2) is 16.7 Å². The average molecular weight is 290 g/mol. The summed E-state index contributed by atoms with van der Waals surface area (Å²) in [6, 6.07) is 2.16. The van der Waals surface area contributed by atoms with E-state index in [4.69, 9.17) is 4.42 Å². The summed E-state index contributed by atoms with van der Waals surface area (Å²) in [5.74, 6) is 1.13. The molecule has 1 aliphatic heterocycles. The summed E-state index contributed by atoms with van der Waals surface area (Å²) < 4.78 is 5.66. The van der Waals surface area contributed by atoms with Crippen LogP contribution in [-0.2, 0) is 13.1 Å². The van der Waals surface area contributed by atoms with Gasteiger partial charge in [0.1, 0.15) is 5.76 Å². The fraction of sp³-hybridized carbons (Fsp3) is 0.778. The van der Waals surface area contributed by atoms with Gasteiger partial charge in [-0.25, -0.2) is 0 Å². The Balaban J connectivity index is 1.50. The molecular weight excluding hydrogens is 260 g/mol. The highest BCUT2D eigenvalue weighted by atomic mass is 16.3. The fourth-order valence-electron chi connectivity index (χ4n) is 4.09. The monoisotopic (exact) mass is 290 g/mol. The number of piperidine rings is 1. The number of nitrogens with zero attached hydrogens (tertiary/aromatic N) is 1. The van der Waals surface area contributed by atoms with Crippen LogP contribution >= 0.6 is 0 Å². The third-order valence-electron chi connectivity index (χ3n) is 5.52. The second-order valence-electron chi connectivity index (χ2n) is 7.03. The van der Waals surface area contributed by atoms with Crippen molar-refractivity contribution < 1.29 is 4.42 Å². The van der Waals surface area contributed by atoms with Crippen LogP contribution in [0.25, 0.3) is 0 Å². The molecule has 21 heavy (non-hydrogen) atoms. The highest BCUT2D eigenvalue weighted by Crippen LogP contribution is 2.46. The first-order valence-corrected chi connectivity index (χ1v) is 8.80. The molecule has 118 valence electrons. The van der Waals surface area contributed by atoms with E-state index in [1.54, 1.807) is 0 Å². The van der Waals surface area contributed by atoms with Gasteiger partial charge in [-0.2, -0.15) is 0 Å². The Morgan fingerprint density at radius 3 is 2.67 bits per heavy atom. The van der Waals surface area contributed by atoms with Crippen molar-refractivity contribution in [1.29, 1.82) is 0 Å². The van der Waals surface area contributed by atoms with Crippen molar-refractivity contribution in [3.05, 3.63) is 23.7 Å². The standard InChI is InChI=1S/C18H30N2O/c1-2-10-19-14-17-16(5-13-21-17)15-20-11-8-18(9-12-20)6-3-4-7-18/h5,13,19H,2-4,6-12,14-15H2,1H3. The van der Waals surface area contributed by atoms with Gasteiger partial charge in [-0.3, -0.25) is 4.90 Å². The molecule has 0 unspecified atom stereocenters. The van der Waals surface area contributed by atoms with Crippen LogP contribution in [0.2, 0.25) is 0 Å². The minimum Gasteiger partial charge on any atom is -0.468 e. The van der Waals surface area contributed by atoms with E-state index in [1.165, 1.54) is 63.6 Å². The van der Waals surface area contributed by atoms with E-state index in [1.807, 2.05) is 6.26 Å². The van der Waals surface area contributed by atoms with Gasteiger partial charge in [-0.05, 0) is 63.2 Å². The van der Waals surface area contributed by atoms with Crippen LogP contribution in [0.5, 0.6) is 0 Å². The average Bonchev–Trinajstić information content (AvgIpc) is 3.13. The van der Waals surface area contributed by atoms with Crippen LogP contribution < -0.4 is 5.32 Å². The minimum absolute atomic E-state index is 0.721. The van der Waals surface area contributed by atoms with Crippen LogP contribution in [0, 0.1) is 5.41 Å². The Morgan fingerprint density at radius 1 is 1.19 bits per heavy atom. The molecule has 1 aromatic heterocycles. The molecule has 1 N–H and O–H groups in total. The minimum atomic E-state index is 0.721. The lowest BCUT2D eigenvalue weighted by Crippen LogP contribution is -2.38. The van der Waals surface area contributed by atoms with Crippen LogP contribution in [0.4, 0.5) is 0 Å². The molecule has 1 aromatic rings. The zero-order valence-electron chi connectivity index (χ0n) is 13.5. The quantitative estimate of drug-likeness (QED) is 0.805. The van der Waals surface area contributed by atoms with Crippen molar-refractivity contribution in [2.75, 3.05) is 19.6 Å². The summed E-state index contributed by atoms with van der Waals surface area (Å²) in [6.07, 6.45) is 11.7. The van der Waals surface area contributed by atoms with Gasteiger partial charge in [0, 0.05) is 12.1 Å². The van der Waals surface area contributed by atoms with E-state index in [0.717, 1.165) is 30.8 Å². The van der Waals surface area contributed by atoms with Crippen molar-refractivity contribution >= 4 is 0 Å². The van der Waals surface area contributed by atoms with E-state index in [9.17, 15) is 0 Å². The Hall–Kier alpha value is -0.800. The first-order valence-electron chi connectivity index (χ1n) is 8.80. The third kappa shape index (κ3) is 3.70. The topological polar surface area (TPSA) is 28.4 Å². The number of hydrogen-bond donors (Lipinski definition) is 1.